The molecule has 0 spiro atoms. The predicted octanol–water partition coefficient (Wildman–Crippen LogP) is 2.06. The maximum atomic E-state index is 12.0. The standard InChI is InChI=1S/C16H21NO3/c18-15-7-4-12-10-13(5-6-14(12)15)20-11-16(19)17-8-2-1-3-9-17/h5-6,10,15,18H,1-4,7-9,11H2. The molecule has 108 valence electrons. The van der Waals surface area contributed by atoms with Crippen molar-refractivity contribution in [3.63, 3.8) is 0 Å². The first-order valence-electron chi connectivity index (χ1n) is 7.45. The van der Waals surface area contributed by atoms with Gasteiger partial charge in [-0.1, -0.05) is 6.07 Å². The number of carbonyl (C=O) groups excluding carboxylic acids is 1. The number of benzene rings is 1. The SMILES string of the molecule is O=C(COc1ccc2c(c1)CCC2O)N1CCCCC1. The fourth-order valence-electron chi connectivity index (χ4n) is 3.04. The average Bonchev–Trinajstić information content (AvgIpc) is 2.87. The molecule has 2 aliphatic rings. The topological polar surface area (TPSA) is 49.8 Å². The molecular formula is C16H21NO3. The number of nitrogens with zero attached hydrogens (tertiary/aromatic N) is 1. The Morgan fingerprint density at radius 3 is 2.90 bits per heavy atom. The van der Waals surface area contributed by atoms with E-state index >= 15 is 0 Å². The largest absolute Gasteiger partial charge is 0.484 e. The summed E-state index contributed by atoms with van der Waals surface area (Å²) in [4.78, 5) is 13.9. The molecule has 1 aromatic rings. The van der Waals surface area contributed by atoms with E-state index < -0.39 is 0 Å². The average molecular weight is 275 g/mol. The highest BCUT2D eigenvalue weighted by Crippen LogP contribution is 2.33. The van der Waals surface area contributed by atoms with Crippen LogP contribution >= 0.6 is 0 Å². The lowest BCUT2D eigenvalue weighted by atomic mass is 10.1. The van der Waals surface area contributed by atoms with Crippen molar-refractivity contribution in [2.45, 2.75) is 38.2 Å². The van der Waals surface area contributed by atoms with Crippen molar-refractivity contribution in [3.05, 3.63) is 29.3 Å². The Labute approximate surface area is 119 Å². The molecule has 1 saturated heterocycles. The van der Waals surface area contributed by atoms with Crippen LogP contribution < -0.4 is 4.74 Å². The van der Waals surface area contributed by atoms with Gasteiger partial charge in [0, 0.05) is 13.1 Å². The molecule has 20 heavy (non-hydrogen) atoms. The third-order valence-corrected chi connectivity index (χ3v) is 4.23. The minimum Gasteiger partial charge on any atom is -0.484 e. The quantitative estimate of drug-likeness (QED) is 0.918. The van der Waals surface area contributed by atoms with Crippen LogP contribution in [0.25, 0.3) is 0 Å². The van der Waals surface area contributed by atoms with Crippen molar-refractivity contribution < 1.29 is 14.6 Å². The Morgan fingerprint density at radius 2 is 2.10 bits per heavy atom. The number of fused-ring (bicyclic) bond motifs is 1. The minimum absolute atomic E-state index is 0.0743. The summed E-state index contributed by atoms with van der Waals surface area (Å²) in [5.41, 5.74) is 2.14. The molecule has 3 rings (SSSR count). The second-order valence-corrected chi connectivity index (χ2v) is 5.65. The summed E-state index contributed by atoms with van der Waals surface area (Å²) in [5, 5.41) is 9.76. The summed E-state index contributed by atoms with van der Waals surface area (Å²) in [6.07, 6.45) is 4.75. The zero-order chi connectivity index (χ0) is 13.9. The molecule has 1 aliphatic carbocycles. The van der Waals surface area contributed by atoms with Gasteiger partial charge >= 0.3 is 0 Å². The van der Waals surface area contributed by atoms with Gasteiger partial charge in [-0.05, 0) is 55.4 Å². The first kappa shape index (κ1) is 13.4. The number of carbonyl (C=O) groups is 1. The minimum atomic E-state index is -0.339. The van der Waals surface area contributed by atoms with Crippen LogP contribution in [0.15, 0.2) is 18.2 Å². The molecule has 4 heteroatoms. The van der Waals surface area contributed by atoms with E-state index in [4.69, 9.17) is 4.74 Å². The summed E-state index contributed by atoms with van der Waals surface area (Å²) in [6, 6.07) is 5.71. The van der Waals surface area contributed by atoms with Crippen LogP contribution in [0.4, 0.5) is 0 Å². The monoisotopic (exact) mass is 275 g/mol. The molecule has 4 nitrogen and oxygen atoms in total. The van der Waals surface area contributed by atoms with Gasteiger partial charge in [0.1, 0.15) is 5.75 Å². The molecule has 1 amide bonds. The molecule has 1 fully saturated rings. The smallest absolute Gasteiger partial charge is 0.260 e. The number of likely N-dealkylation sites (tertiary alicyclic amines) is 1. The van der Waals surface area contributed by atoms with E-state index in [9.17, 15) is 9.90 Å². The number of aliphatic hydroxyl groups is 1. The summed E-state index contributed by atoms with van der Waals surface area (Å²) < 4.78 is 5.61. The molecule has 0 saturated carbocycles. The van der Waals surface area contributed by atoms with Gasteiger partial charge in [0.15, 0.2) is 6.61 Å². The number of aliphatic hydroxyl groups excluding tert-OH is 1. The highest BCUT2D eigenvalue weighted by molar-refractivity contribution is 5.77. The summed E-state index contributed by atoms with van der Waals surface area (Å²) in [7, 11) is 0. The van der Waals surface area contributed by atoms with Gasteiger partial charge in [-0.3, -0.25) is 4.79 Å². The van der Waals surface area contributed by atoms with Crippen molar-refractivity contribution >= 4 is 5.91 Å². The highest BCUT2D eigenvalue weighted by atomic mass is 16.5. The van der Waals surface area contributed by atoms with Gasteiger partial charge in [-0.2, -0.15) is 0 Å². The van der Waals surface area contributed by atoms with Crippen LogP contribution in [-0.2, 0) is 11.2 Å². The Hall–Kier alpha value is -1.55. The van der Waals surface area contributed by atoms with Gasteiger partial charge in [0.25, 0.3) is 5.91 Å². The lowest BCUT2D eigenvalue weighted by Crippen LogP contribution is -2.38. The highest BCUT2D eigenvalue weighted by Gasteiger charge is 2.21. The molecule has 1 unspecified atom stereocenters. The van der Waals surface area contributed by atoms with Gasteiger partial charge < -0.3 is 14.7 Å². The maximum Gasteiger partial charge on any atom is 0.260 e. The first-order chi connectivity index (χ1) is 9.74. The predicted molar refractivity (Wildman–Crippen MR) is 75.6 cm³/mol. The van der Waals surface area contributed by atoms with Crippen LogP contribution in [0.2, 0.25) is 0 Å². The summed E-state index contributed by atoms with van der Waals surface area (Å²) in [5.74, 6) is 0.799. The van der Waals surface area contributed by atoms with Crippen LogP contribution in [0.5, 0.6) is 5.75 Å². The lowest BCUT2D eigenvalue weighted by molar-refractivity contribution is -0.134. The lowest BCUT2D eigenvalue weighted by Gasteiger charge is -2.26. The molecule has 0 bridgehead atoms. The summed E-state index contributed by atoms with van der Waals surface area (Å²) in [6.45, 7) is 1.83. The zero-order valence-electron chi connectivity index (χ0n) is 11.7. The number of aryl methyl sites for hydroxylation is 1. The van der Waals surface area contributed by atoms with Crippen molar-refractivity contribution in [2.24, 2.45) is 0 Å². The van der Waals surface area contributed by atoms with Crippen molar-refractivity contribution in [3.8, 4) is 5.75 Å². The van der Waals surface area contributed by atoms with E-state index in [1.54, 1.807) is 0 Å². The number of rotatable bonds is 3. The molecule has 1 aromatic carbocycles. The molecular weight excluding hydrogens is 254 g/mol. The zero-order valence-corrected chi connectivity index (χ0v) is 11.7. The van der Waals surface area contributed by atoms with Gasteiger partial charge in [0.2, 0.25) is 0 Å². The number of hydrogen-bond donors (Lipinski definition) is 1. The van der Waals surface area contributed by atoms with E-state index in [0.29, 0.717) is 0 Å². The van der Waals surface area contributed by atoms with Gasteiger partial charge in [-0.25, -0.2) is 0 Å². The normalized spacial score (nSPS) is 21.6. The second kappa shape index (κ2) is 5.83. The second-order valence-electron chi connectivity index (χ2n) is 5.65. The van der Waals surface area contributed by atoms with Crippen molar-refractivity contribution in [1.29, 1.82) is 0 Å². The van der Waals surface area contributed by atoms with E-state index in [1.807, 2.05) is 23.1 Å². The Kier molecular flexibility index (Phi) is 3.92. The van der Waals surface area contributed by atoms with Gasteiger partial charge in [0.05, 0.1) is 6.10 Å². The first-order valence-corrected chi connectivity index (χ1v) is 7.45. The number of ether oxygens (including phenoxy) is 1. The fourth-order valence-corrected chi connectivity index (χ4v) is 3.04. The Balaban J connectivity index is 1.57. The molecule has 1 aliphatic heterocycles. The van der Waals surface area contributed by atoms with Crippen LogP contribution in [-0.4, -0.2) is 35.6 Å². The summed E-state index contributed by atoms with van der Waals surface area (Å²) >= 11 is 0. The third kappa shape index (κ3) is 2.80. The van der Waals surface area contributed by atoms with Gasteiger partial charge in [-0.15, -0.1) is 0 Å². The Bertz CT molecular complexity index is 494. The van der Waals surface area contributed by atoms with E-state index in [0.717, 1.165) is 55.6 Å². The Morgan fingerprint density at radius 1 is 1.30 bits per heavy atom. The fraction of sp³-hybridized carbons (Fsp3) is 0.562. The van der Waals surface area contributed by atoms with Crippen LogP contribution in [0, 0.1) is 0 Å². The molecule has 0 aromatic heterocycles. The number of amides is 1. The van der Waals surface area contributed by atoms with E-state index in [2.05, 4.69) is 0 Å². The van der Waals surface area contributed by atoms with Crippen molar-refractivity contribution in [2.75, 3.05) is 19.7 Å². The number of hydrogen-bond acceptors (Lipinski definition) is 3. The van der Waals surface area contributed by atoms with Crippen molar-refractivity contribution in [1.82, 2.24) is 4.90 Å². The van der Waals surface area contributed by atoms with Crippen LogP contribution in [0.3, 0.4) is 0 Å². The van der Waals surface area contributed by atoms with E-state index in [1.165, 1.54) is 6.42 Å². The molecule has 1 heterocycles. The molecule has 0 radical (unpaired) electrons. The number of piperidine rings is 1. The van der Waals surface area contributed by atoms with Crippen LogP contribution in [0.1, 0.15) is 42.9 Å². The maximum absolute atomic E-state index is 12.0. The molecule has 1 N–H and O–H groups in total. The third-order valence-electron chi connectivity index (χ3n) is 4.23. The van der Waals surface area contributed by atoms with E-state index in [-0.39, 0.29) is 18.6 Å². The molecule has 1 atom stereocenters.